The van der Waals surface area contributed by atoms with E-state index in [4.69, 9.17) is 0 Å². The lowest BCUT2D eigenvalue weighted by Crippen LogP contribution is -2.15. The van der Waals surface area contributed by atoms with Gasteiger partial charge >= 0.3 is 0 Å². The summed E-state index contributed by atoms with van der Waals surface area (Å²) in [6.45, 7) is 11.6. The van der Waals surface area contributed by atoms with Crippen molar-refractivity contribution in [2.45, 2.75) is 45.4 Å². The molecule has 6 aromatic carbocycles. The molecule has 7 aromatic rings. The highest BCUT2D eigenvalue weighted by atomic mass is 32.1. The van der Waals surface area contributed by atoms with E-state index in [9.17, 15) is 0 Å². The van der Waals surface area contributed by atoms with Crippen LogP contribution < -0.4 is 4.90 Å². The Bertz CT molecular complexity index is 2350. The van der Waals surface area contributed by atoms with Gasteiger partial charge in [0.2, 0.25) is 0 Å². The summed E-state index contributed by atoms with van der Waals surface area (Å²) in [5, 5.41) is 1.39. The Labute approximate surface area is 281 Å². The van der Waals surface area contributed by atoms with E-state index < -0.39 is 0 Å². The van der Waals surface area contributed by atoms with Crippen molar-refractivity contribution in [2.75, 3.05) is 4.90 Å². The van der Waals surface area contributed by atoms with Crippen molar-refractivity contribution >= 4 is 38.5 Å². The Morgan fingerprint density at radius 3 is 1.91 bits per heavy atom. The molecule has 0 saturated heterocycles. The van der Waals surface area contributed by atoms with Gasteiger partial charge in [-0.15, -0.1) is 11.3 Å². The van der Waals surface area contributed by atoms with Crippen LogP contribution in [0, 0.1) is 6.92 Å². The Hall–Kier alpha value is -4.92. The molecule has 0 saturated carbocycles. The van der Waals surface area contributed by atoms with Crippen LogP contribution in [0.25, 0.3) is 42.8 Å². The van der Waals surface area contributed by atoms with E-state index in [0.29, 0.717) is 0 Å². The van der Waals surface area contributed by atoms with Crippen LogP contribution in [-0.2, 0) is 10.8 Å². The van der Waals surface area contributed by atoms with Gasteiger partial charge in [0.05, 0.1) is 0 Å². The summed E-state index contributed by atoms with van der Waals surface area (Å²) in [5.74, 6) is 0. The van der Waals surface area contributed by atoms with Crippen molar-refractivity contribution in [1.29, 1.82) is 0 Å². The monoisotopic (exact) mass is 623 g/mol. The third kappa shape index (κ3) is 4.08. The first-order valence-corrected chi connectivity index (χ1v) is 17.4. The highest BCUT2D eigenvalue weighted by molar-refractivity contribution is 7.22. The van der Waals surface area contributed by atoms with E-state index in [0.717, 1.165) is 11.4 Å². The molecule has 0 radical (unpaired) electrons. The van der Waals surface area contributed by atoms with Crippen molar-refractivity contribution in [3.8, 4) is 32.7 Å². The number of nitrogens with zero attached hydrogens (tertiary/aromatic N) is 1. The summed E-state index contributed by atoms with van der Waals surface area (Å²) in [4.78, 5) is 3.83. The maximum absolute atomic E-state index is 2.40. The number of hydrogen-bond acceptors (Lipinski definition) is 2. The molecule has 0 aliphatic heterocycles. The normalized spacial score (nSPS) is 14.8. The minimum absolute atomic E-state index is 0.0143. The summed E-state index contributed by atoms with van der Waals surface area (Å²) in [5.41, 5.74) is 17.0. The summed E-state index contributed by atoms with van der Waals surface area (Å²) in [6, 6.07) is 49.8. The Morgan fingerprint density at radius 2 is 1.13 bits per heavy atom. The minimum Gasteiger partial charge on any atom is -0.310 e. The van der Waals surface area contributed by atoms with Gasteiger partial charge in [-0.2, -0.15) is 0 Å². The molecule has 2 aliphatic rings. The first kappa shape index (κ1) is 28.3. The number of fused-ring (bicyclic) bond motifs is 8. The van der Waals surface area contributed by atoms with Crippen LogP contribution in [0.3, 0.4) is 0 Å². The summed E-state index contributed by atoms with van der Waals surface area (Å²) >= 11 is 1.94. The fourth-order valence-electron chi connectivity index (χ4n) is 8.31. The van der Waals surface area contributed by atoms with Gasteiger partial charge in [0.15, 0.2) is 0 Å². The molecular formula is C45H37NS. The lowest BCUT2D eigenvalue weighted by atomic mass is 9.81. The van der Waals surface area contributed by atoms with Crippen LogP contribution in [0.1, 0.15) is 55.5 Å². The number of aryl methyl sites for hydroxylation is 1. The second-order valence-electron chi connectivity index (χ2n) is 14.3. The number of thiophene rings is 1. The predicted octanol–water partition coefficient (Wildman–Crippen LogP) is 13.0. The average molecular weight is 624 g/mol. The number of anilines is 3. The zero-order valence-corrected chi connectivity index (χ0v) is 28.4. The van der Waals surface area contributed by atoms with Crippen LogP contribution >= 0.6 is 11.3 Å². The number of rotatable bonds is 4. The standard InChI is InChI=1S/C45H37NS/c1-28-17-21-30(22-18-28)46(32-25-26-38-36(27-32)34-11-6-8-14-37(34)44(38,2)3)31-23-19-29(20-24-31)33-13-10-15-39-41(33)43-42(45(39,4)5)35-12-7-9-16-40(35)47-43/h6-27H,1-5H3. The lowest BCUT2D eigenvalue weighted by Gasteiger charge is -2.27. The number of hydrogen-bond donors (Lipinski definition) is 0. The molecule has 2 aliphatic carbocycles. The maximum atomic E-state index is 2.40. The lowest BCUT2D eigenvalue weighted by molar-refractivity contribution is 0.660. The minimum atomic E-state index is -0.0385. The molecule has 0 bridgehead atoms. The first-order valence-electron chi connectivity index (χ1n) is 16.6. The molecule has 1 heterocycles. The van der Waals surface area contributed by atoms with Crippen LogP contribution in [0.5, 0.6) is 0 Å². The Kier molecular flexibility index (Phi) is 6.05. The molecule has 0 unspecified atom stereocenters. The van der Waals surface area contributed by atoms with Crippen molar-refractivity contribution < 1.29 is 0 Å². The molecular weight excluding hydrogens is 587 g/mol. The SMILES string of the molecule is Cc1ccc(N(c2ccc(-c3cccc4c3-c3sc5ccccc5c3C4(C)C)cc2)c2ccc3c(c2)-c2ccccc2C3(C)C)cc1. The van der Waals surface area contributed by atoms with Crippen LogP contribution in [0.15, 0.2) is 133 Å². The Morgan fingerprint density at radius 1 is 0.511 bits per heavy atom. The maximum Gasteiger partial charge on any atom is 0.0468 e. The molecule has 47 heavy (non-hydrogen) atoms. The zero-order chi connectivity index (χ0) is 32.1. The van der Waals surface area contributed by atoms with Gasteiger partial charge in [-0.05, 0) is 99.3 Å². The number of benzene rings is 6. The van der Waals surface area contributed by atoms with Crippen LogP contribution in [0.4, 0.5) is 17.1 Å². The predicted molar refractivity (Wildman–Crippen MR) is 202 cm³/mol. The quantitative estimate of drug-likeness (QED) is 0.189. The van der Waals surface area contributed by atoms with E-state index >= 15 is 0 Å². The van der Waals surface area contributed by atoms with Crippen molar-refractivity contribution in [2.24, 2.45) is 0 Å². The third-order valence-corrected chi connectivity index (χ3v) is 11.9. The van der Waals surface area contributed by atoms with Gasteiger partial charge in [0.1, 0.15) is 0 Å². The van der Waals surface area contributed by atoms with Gasteiger partial charge in [-0.25, -0.2) is 0 Å². The molecule has 228 valence electrons. The highest BCUT2D eigenvalue weighted by Crippen LogP contribution is 2.58. The summed E-state index contributed by atoms with van der Waals surface area (Å²) < 4.78 is 1.37. The third-order valence-electron chi connectivity index (χ3n) is 10.7. The fraction of sp³-hybridized carbons (Fsp3) is 0.156. The van der Waals surface area contributed by atoms with Crippen molar-refractivity contribution in [3.63, 3.8) is 0 Å². The molecule has 0 fully saturated rings. The molecule has 0 spiro atoms. The second-order valence-corrected chi connectivity index (χ2v) is 15.3. The average Bonchev–Trinajstić information content (AvgIpc) is 3.67. The molecule has 0 amide bonds. The van der Waals surface area contributed by atoms with Crippen molar-refractivity contribution in [3.05, 3.63) is 161 Å². The largest absolute Gasteiger partial charge is 0.310 e. The molecule has 0 atom stereocenters. The Balaban J connectivity index is 1.17. The van der Waals surface area contributed by atoms with Gasteiger partial charge in [-0.1, -0.05) is 124 Å². The smallest absolute Gasteiger partial charge is 0.0468 e. The van der Waals surface area contributed by atoms with Gasteiger partial charge in [0.25, 0.3) is 0 Å². The van der Waals surface area contributed by atoms with Crippen LogP contribution in [-0.4, -0.2) is 0 Å². The molecule has 2 heteroatoms. The summed E-state index contributed by atoms with van der Waals surface area (Å²) in [7, 11) is 0. The fourth-order valence-corrected chi connectivity index (χ4v) is 9.75. The van der Waals surface area contributed by atoms with E-state index in [2.05, 4.69) is 173 Å². The molecule has 0 N–H and O–H groups in total. The van der Waals surface area contributed by atoms with Crippen LogP contribution in [0.2, 0.25) is 0 Å². The molecule has 1 nitrogen and oxygen atoms in total. The molecule has 1 aromatic heterocycles. The topological polar surface area (TPSA) is 3.24 Å². The summed E-state index contributed by atoms with van der Waals surface area (Å²) in [6.07, 6.45) is 0. The zero-order valence-electron chi connectivity index (χ0n) is 27.6. The van der Waals surface area contributed by atoms with Gasteiger partial charge < -0.3 is 4.90 Å². The van der Waals surface area contributed by atoms with E-state index in [-0.39, 0.29) is 10.8 Å². The second kappa shape index (κ2) is 10.0. The van der Waals surface area contributed by atoms with Crippen molar-refractivity contribution in [1.82, 2.24) is 0 Å². The highest BCUT2D eigenvalue weighted by Gasteiger charge is 2.40. The van der Waals surface area contributed by atoms with E-state index in [1.54, 1.807) is 0 Å². The van der Waals surface area contributed by atoms with Gasteiger partial charge in [-0.3, -0.25) is 0 Å². The first-order chi connectivity index (χ1) is 22.7. The van der Waals surface area contributed by atoms with E-state index in [1.807, 2.05) is 11.3 Å². The van der Waals surface area contributed by atoms with Gasteiger partial charge in [0, 0.05) is 43.0 Å². The van der Waals surface area contributed by atoms with E-state index in [1.165, 1.54) is 76.3 Å². The molecule has 9 rings (SSSR count).